The summed E-state index contributed by atoms with van der Waals surface area (Å²) >= 11 is 0. The second-order valence-electron chi connectivity index (χ2n) is 7.22. The number of aromatic nitrogens is 4. The van der Waals surface area contributed by atoms with Crippen LogP contribution in [0.5, 0.6) is 0 Å². The SMILES string of the molecule is CC(NCC1(c2ccc(F)cc2)CCOCC1)c1nnnn1C1CC1. The van der Waals surface area contributed by atoms with Crippen molar-refractivity contribution in [1.82, 2.24) is 25.5 Å². The van der Waals surface area contributed by atoms with Gasteiger partial charge in [0.1, 0.15) is 5.82 Å². The lowest BCUT2D eigenvalue weighted by molar-refractivity contribution is 0.0488. The van der Waals surface area contributed by atoms with Crippen molar-refractivity contribution in [2.45, 2.75) is 50.1 Å². The Morgan fingerprint density at radius 1 is 1.28 bits per heavy atom. The van der Waals surface area contributed by atoms with Crippen LogP contribution >= 0.6 is 0 Å². The van der Waals surface area contributed by atoms with Crippen LogP contribution in [0.25, 0.3) is 0 Å². The molecule has 1 aromatic heterocycles. The fourth-order valence-corrected chi connectivity index (χ4v) is 3.64. The maximum Gasteiger partial charge on any atom is 0.168 e. The van der Waals surface area contributed by atoms with E-state index < -0.39 is 0 Å². The number of benzene rings is 1. The van der Waals surface area contributed by atoms with Crippen molar-refractivity contribution in [3.8, 4) is 0 Å². The van der Waals surface area contributed by atoms with Crippen LogP contribution in [0.15, 0.2) is 24.3 Å². The first-order valence-electron chi connectivity index (χ1n) is 9.03. The Hall–Kier alpha value is -1.86. The number of hydrogen-bond donors (Lipinski definition) is 1. The van der Waals surface area contributed by atoms with Crippen LogP contribution < -0.4 is 5.32 Å². The number of nitrogens with one attached hydrogen (secondary N) is 1. The molecule has 1 aliphatic heterocycles. The van der Waals surface area contributed by atoms with Gasteiger partial charge in [-0.3, -0.25) is 0 Å². The van der Waals surface area contributed by atoms with Crippen molar-refractivity contribution in [3.63, 3.8) is 0 Å². The van der Waals surface area contributed by atoms with Crippen molar-refractivity contribution < 1.29 is 9.13 Å². The Kier molecular flexibility index (Phi) is 4.52. The summed E-state index contributed by atoms with van der Waals surface area (Å²) in [6, 6.07) is 7.43. The predicted octanol–water partition coefficient (Wildman–Crippen LogP) is 2.55. The number of ether oxygens (including phenoxy) is 1. The standard InChI is InChI=1S/C18H24FN5O/c1-13(17-21-22-23-24(17)16-6-7-16)20-12-18(8-10-25-11-9-18)14-2-4-15(19)5-3-14/h2-5,13,16,20H,6-12H2,1H3. The highest BCUT2D eigenvalue weighted by Crippen LogP contribution is 2.37. The van der Waals surface area contributed by atoms with E-state index in [1.165, 1.54) is 5.56 Å². The second-order valence-corrected chi connectivity index (χ2v) is 7.22. The third-order valence-corrected chi connectivity index (χ3v) is 5.45. The van der Waals surface area contributed by atoms with E-state index in [4.69, 9.17) is 4.74 Å². The molecule has 1 N–H and O–H groups in total. The van der Waals surface area contributed by atoms with Gasteiger partial charge in [0.2, 0.25) is 0 Å². The van der Waals surface area contributed by atoms with Crippen molar-refractivity contribution >= 4 is 0 Å². The van der Waals surface area contributed by atoms with Crippen molar-refractivity contribution in [1.29, 1.82) is 0 Å². The van der Waals surface area contributed by atoms with Gasteiger partial charge in [0.15, 0.2) is 5.82 Å². The molecular weight excluding hydrogens is 321 g/mol. The highest BCUT2D eigenvalue weighted by atomic mass is 19.1. The maximum atomic E-state index is 13.3. The minimum absolute atomic E-state index is 0.0436. The monoisotopic (exact) mass is 345 g/mol. The average molecular weight is 345 g/mol. The molecule has 4 rings (SSSR count). The minimum Gasteiger partial charge on any atom is -0.381 e. The van der Waals surface area contributed by atoms with E-state index in [9.17, 15) is 4.39 Å². The fraction of sp³-hybridized carbons (Fsp3) is 0.611. The predicted molar refractivity (Wildman–Crippen MR) is 90.6 cm³/mol. The summed E-state index contributed by atoms with van der Waals surface area (Å²) in [6.45, 7) is 4.35. The molecule has 1 atom stereocenters. The number of hydrogen-bond acceptors (Lipinski definition) is 5. The highest BCUT2D eigenvalue weighted by molar-refractivity contribution is 5.27. The zero-order valence-corrected chi connectivity index (χ0v) is 14.5. The zero-order valence-electron chi connectivity index (χ0n) is 14.5. The number of nitrogens with zero attached hydrogens (tertiary/aromatic N) is 4. The number of halogens is 1. The van der Waals surface area contributed by atoms with Crippen molar-refractivity contribution in [3.05, 3.63) is 41.5 Å². The molecule has 25 heavy (non-hydrogen) atoms. The fourth-order valence-electron chi connectivity index (χ4n) is 3.64. The molecule has 1 unspecified atom stereocenters. The Morgan fingerprint density at radius 2 is 2.00 bits per heavy atom. The molecule has 1 aliphatic carbocycles. The maximum absolute atomic E-state index is 13.3. The first kappa shape index (κ1) is 16.6. The molecule has 2 aliphatic rings. The van der Waals surface area contributed by atoms with E-state index in [-0.39, 0.29) is 17.3 Å². The third kappa shape index (κ3) is 3.43. The topological polar surface area (TPSA) is 64.9 Å². The van der Waals surface area contributed by atoms with E-state index in [2.05, 4.69) is 27.8 Å². The Bertz CT molecular complexity index is 707. The zero-order chi connectivity index (χ0) is 17.3. The van der Waals surface area contributed by atoms with Crippen LogP contribution in [0.1, 0.15) is 56.1 Å². The lowest BCUT2D eigenvalue weighted by Crippen LogP contribution is -2.43. The van der Waals surface area contributed by atoms with Gasteiger partial charge >= 0.3 is 0 Å². The summed E-state index contributed by atoms with van der Waals surface area (Å²) < 4.78 is 20.9. The molecule has 2 aromatic rings. The normalized spacial score (nSPS) is 21.2. The van der Waals surface area contributed by atoms with E-state index >= 15 is 0 Å². The molecule has 6 nitrogen and oxygen atoms in total. The van der Waals surface area contributed by atoms with E-state index in [0.717, 1.165) is 51.3 Å². The highest BCUT2D eigenvalue weighted by Gasteiger charge is 2.36. The molecule has 1 saturated carbocycles. The van der Waals surface area contributed by atoms with Crippen molar-refractivity contribution in [2.24, 2.45) is 0 Å². The first-order chi connectivity index (χ1) is 12.2. The third-order valence-electron chi connectivity index (χ3n) is 5.45. The summed E-state index contributed by atoms with van der Waals surface area (Å²) in [5.74, 6) is 0.694. The molecular formula is C18H24FN5O. The largest absolute Gasteiger partial charge is 0.381 e. The van der Waals surface area contributed by atoms with Crippen LogP contribution in [-0.2, 0) is 10.2 Å². The lowest BCUT2D eigenvalue weighted by Gasteiger charge is -2.38. The Balaban J connectivity index is 1.50. The van der Waals surface area contributed by atoms with Gasteiger partial charge in [0.05, 0.1) is 12.1 Å². The van der Waals surface area contributed by atoms with Crippen LogP contribution in [0, 0.1) is 5.82 Å². The van der Waals surface area contributed by atoms with Crippen molar-refractivity contribution in [2.75, 3.05) is 19.8 Å². The summed E-state index contributed by atoms with van der Waals surface area (Å²) in [4.78, 5) is 0. The van der Waals surface area contributed by atoms with E-state index in [1.807, 2.05) is 16.8 Å². The Morgan fingerprint density at radius 3 is 2.68 bits per heavy atom. The summed E-state index contributed by atoms with van der Waals surface area (Å²) in [7, 11) is 0. The van der Waals surface area contributed by atoms with Gasteiger partial charge in [-0.25, -0.2) is 9.07 Å². The first-order valence-corrected chi connectivity index (χ1v) is 9.03. The van der Waals surface area contributed by atoms with Gasteiger partial charge in [0, 0.05) is 25.2 Å². The van der Waals surface area contributed by atoms with Gasteiger partial charge in [-0.1, -0.05) is 12.1 Å². The average Bonchev–Trinajstić information content (AvgIpc) is 3.37. The van der Waals surface area contributed by atoms with E-state index in [1.54, 1.807) is 12.1 Å². The van der Waals surface area contributed by atoms with Gasteiger partial charge in [-0.2, -0.15) is 0 Å². The summed E-state index contributed by atoms with van der Waals surface area (Å²) in [6.07, 6.45) is 4.15. The number of tetrazole rings is 1. The molecule has 0 spiro atoms. The Labute approximate surface area is 146 Å². The lowest BCUT2D eigenvalue weighted by atomic mass is 9.74. The molecule has 1 aromatic carbocycles. The molecule has 0 radical (unpaired) electrons. The van der Waals surface area contributed by atoms with Crippen LogP contribution in [0.2, 0.25) is 0 Å². The molecule has 2 fully saturated rings. The van der Waals surface area contributed by atoms with Gasteiger partial charge in [0.25, 0.3) is 0 Å². The van der Waals surface area contributed by atoms with Gasteiger partial charge in [-0.05, 0) is 60.7 Å². The van der Waals surface area contributed by atoms with Gasteiger partial charge in [-0.15, -0.1) is 5.10 Å². The summed E-state index contributed by atoms with van der Waals surface area (Å²) in [5.41, 5.74) is 1.12. The van der Waals surface area contributed by atoms with Gasteiger partial charge < -0.3 is 10.1 Å². The smallest absolute Gasteiger partial charge is 0.168 e. The van der Waals surface area contributed by atoms with E-state index in [0.29, 0.717) is 6.04 Å². The molecule has 2 heterocycles. The summed E-state index contributed by atoms with van der Waals surface area (Å²) in [5, 5.41) is 15.8. The van der Waals surface area contributed by atoms with Crippen LogP contribution in [-0.4, -0.2) is 40.0 Å². The minimum atomic E-state index is -0.198. The van der Waals surface area contributed by atoms with Crippen LogP contribution in [0.3, 0.4) is 0 Å². The second kappa shape index (κ2) is 6.80. The molecule has 1 saturated heterocycles. The molecule has 0 amide bonds. The van der Waals surface area contributed by atoms with Crippen LogP contribution in [0.4, 0.5) is 4.39 Å². The quantitative estimate of drug-likeness (QED) is 0.872. The number of rotatable bonds is 6. The molecule has 7 heteroatoms. The molecule has 134 valence electrons. The molecule has 0 bridgehead atoms.